The predicted octanol–water partition coefficient (Wildman–Crippen LogP) is 6.20. The highest BCUT2D eigenvalue weighted by Crippen LogP contribution is 2.57. The third-order valence-corrected chi connectivity index (χ3v) is 10.3. The molecule has 1 unspecified atom stereocenters. The molecule has 17 heteroatoms. The number of ether oxygens (including phenoxy) is 5. The number of esters is 4. The molecule has 1 aliphatic rings. The van der Waals surface area contributed by atoms with Crippen LogP contribution in [0.1, 0.15) is 41.4 Å². The topological polar surface area (TPSA) is 172 Å². The summed E-state index contributed by atoms with van der Waals surface area (Å²) in [4.78, 5) is 53.6. The van der Waals surface area contributed by atoms with Gasteiger partial charge < -0.3 is 28.2 Å². The molecule has 1 saturated heterocycles. The van der Waals surface area contributed by atoms with Gasteiger partial charge >= 0.3 is 29.4 Å². The number of hydrogen-bond acceptors (Lipinski definition) is 12. The van der Waals surface area contributed by atoms with E-state index < -0.39 is 77.0 Å². The van der Waals surface area contributed by atoms with E-state index in [1.165, 1.54) is 0 Å². The molecule has 1 heterocycles. The van der Waals surface area contributed by atoms with E-state index in [4.69, 9.17) is 36.7 Å². The molecule has 1 aliphatic heterocycles. The first-order chi connectivity index (χ1) is 25.9. The average Bonchev–Trinajstić information content (AvgIpc) is 3.15. The normalized spacial score (nSPS) is 19.8. The van der Waals surface area contributed by atoms with Gasteiger partial charge in [0, 0.05) is 7.26 Å². The van der Waals surface area contributed by atoms with Crippen LogP contribution in [0, 0.1) is 0 Å². The van der Waals surface area contributed by atoms with Crippen molar-refractivity contribution >= 4 is 41.3 Å². The molecule has 0 aromatic heterocycles. The summed E-state index contributed by atoms with van der Waals surface area (Å²) in [6, 6.07) is 33.4. The Labute approximate surface area is 315 Å². The van der Waals surface area contributed by atoms with Gasteiger partial charge in [-0.1, -0.05) is 72.8 Å². The summed E-state index contributed by atoms with van der Waals surface area (Å²) in [5.41, 5.74) is -4.56. The van der Waals surface area contributed by atoms with Gasteiger partial charge in [-0.15, -0.1) is 0 Å². The number of hydrogen-bond donors (Lipinski definition) is 0. The van der Waals surface area contributed by atoms with Gasteiger partial charge in [-0.05, 0) is 48.5 Å². The van der Waals surface area contributed by atoms with Crippen LogP contribution < -0.4 is 0 Å². The van der Waals surface area contributed by atoms with Crippen molar-refractivity contribution in [1.82, 2.24) is 0 Å². The number of carbonyl (C=O) groups excluding carboxylic acids is 4. The SMILES string of the molecule is C[P+](C)(C)C1O[C@H](COC(=O)c2ccccc2)[C@@H](OC(=O)c2ccccc2)[C@H](OC(=O)c2ccccc2)[C@H]1OC(=O)c1ccccc1.O=S(=O)([O-])C(F)(F)F. The molecule has 292 valence electrons. The number of benzene rings is 4. The van der Waals surface area contributed by atoms with Crippen LogP contribution in [-0.2, 0) is 33.8 Å². The molecular formula is C38H36F3O12PS. The standard InChI is InChI=1S/C37H36O9P.CHF3O3S/c1-47(2,3)37-32(46-36(41)28-22-14-7-15-23-28)31(45-35(40)27-20-12-6-13-21-27)30(44-34(39)26-18-10-5-11-19-26)29(43-37)24-42-33(38)25-16-8-4-9-17-25;2-1(3,4)8(5,6)7/h4-23,29-32,37H,24H2,1-3H3;(H,5,6,7)/q+1;/p-1/t29-,30-,31+,32-,37?;/m1./s1. The summed E-state index contributed by atoms with van der Waals surface area (Å²) in [7, 11) is -8.17. The van der Waals surface area contributed by atoms with Crippen molar-refractivity contribution in [3.05, 3.63) is 144 Å². The Balaban J connectivity index is 0.000000757. The van der Waals surface area contributed by atoms with Crippen LogP contribution in [0.3, 0.4) is 0 Å². The second-order valence-electron chi connectivity index (χ2n) is 12.8. The van der Waals surface area contributed by atoms with Crippen LogP contribution in [0.25, 0.3) is 0 Å². The number of halogens is 3. The molecule has 5 rings (SSSR count). The minimum absolute atomic E-state index is 0.240. The van der Waals surface area contributed by atoms with E-state index in [1.807, 2.05) is 20.0 Å². The van der Waals surface area contributed by atoms with Gasteiger partial charge in [0.1, 0.15) is 12.7 Å². The molecule has 0 amide bonds. The minimum Gasteiger partial charge on any atom is -0.741 e. The zero-order valence-electron chi connectivity index (χ0n) is 29.5. The lowest BCUT2D eigenvalue weighted by Gasteiger charge is -2.45. The monoisotopic (exact) mass is 804 g/mol. The van der Waals surface area contributed by atoms with E-state index in [9.17, 15) is 32.3 Å². The summed E-state index contributed by atoms with van der Waals surface area (Å²) in [6.07, 6.45) is -4.94. The van der Waals surface area contributed by atoms with Gasteiger partial charge in [-0.3, -0.25) is 0 Å². The third kappa shape index (κ3) is 11.9. The van der Waals surface area contributed by atoms with Gasteiger partial charge in [0.05, 0.1) is 42.2 Å². The Morgan fingerprint density at radius 1 is 0.600 bits per heavy atom. The summed E-state index contributed by atoms with van der Waals surface area (Å²) < 4.78 is 89.4. The molecule has 0 aliphatic carbocycles. The maximum atomic E-state index is 13.6. The zero-order valence-corrected chi connectivity index (χ0v) is 31.2. The quantitative estimate of drug-likeness (QED) is 0.0585. The van der Waals surface area contributed by atoms with Gasteiger partial charge in [0.25, 0.3) is 0 Å². The Bertz CT molecular complexity index is 2010. The molecule has 0 N–H and O–H groups in total. The number of rotatable bonds is 10. The molecular weight excluding hydrogens is 768 g/mol. The molecule has 55 heavy (non-hydrogen) atoms. The summed E-state index contributed by atoms with van der Waals surface area (Å²) >= 11 is 0. The van der Waals surface area contributed by atoms with E-state index in [1.54, 1.807) is 121 Å². The first-order valence-electron chi connectivity index (χ1n) is 16.4. The van der Waals surface area contributed by atoms with E-state index in [2.05, 4.69) is 0 Å². The highest BCUT2D eigenvalue weighted by atomic mass is 32.2. The number of alkyl halides is 3. The van der Waals surface area contributed by atoms with Gasteiger partial charge in [-0.2, -0.15) is 13.2 Å². The maximum absolute atomic E-state index is 13.6. The average molecular weight is 805 g/mol. The lowest BCUT2D eigenvalue weighted by Crippen LogP contribution is -2.62. The summed E-state index contributed by atoms with van der Waals surface area (Å²) in [5.74, 6) is -3.50. The first kappa shape index (κ1) is 42.6. The lowest BCUT2D eigenvalue weighted by molar-refractivity contribution is -0.209. The fourth-order valence-corrected chi connectivity index (χ4v) is 6.80. The minimum atomic E-state index is -6.09. The fourth-order valence-electron chi connectivity index (χ4n) is 5.17. The first-order valence-corrected chi connectivity index (χ1v) is 21.0. The molecule has 1 fully saturated rings. The predicted molar refractivity (Wildman–Crippen MR) is 193 cm³/mol. The van der Waals surface area contributed by atoms with Crippen molar-refractivity contribution in [3.8, 4) is 0 Å². The van der Waals surface area contributed by atoms with Crippen molar-refractivity contribution in [3.63, 3.8) is 0 Å². The highest BCUT2D eigenvalue weighted by Gasteiger charge is 2.58. The van der Waals surface area contributed by atoms with Crippen molar-refractivity contribution in [2.24, 2.45) is 0 Å². The maximum Gasteiger partial charge on any atom is 0.485 e. The largest absolute Gasteiger partial charge is 0.741 e. The van der Waals surface area contributed by atoms with Gasteiger partial charge in [0.2, 0.25) is 11.9 Å². The molecule has 0 bridgehead atoms. The van der Waals surface area contributed by atoms with Gasteiger partial charge in [-0.25, -0.2) is 27.6 Å². The summed E-state index contributed by atoms with van der Waals surface area (Å²) in [6.45, 7) is 5.62. The molecule has 12 nitrogen and oxygen atoms in total. The van der Waals surface area contributed by atoms with E-state index in [0.717, 1.165) is 0 Å². The van der Waals surface area contributed by atoms with Crippen molar-refractivity contribution in [2.45, 2.75) is 35.8 Å². The lowest BCUT2D eigenvalue weighted by atomic mass is 9.98. The van der Waals surface area contributed by atoms with Crippen LogP contribution in [0.4, 0.5) is 13.2 Å². The van der Waals surface area contributed by atoms with E-state index >= 15 is 0 Å². The molecule has 0 saturated carbocycles. The van der Waals surface area contributed by atoms with Crippen LogP contribution in [-0.4, -0.2) is 99.2 Å². The van der Waals surface area contributed by atoms with Crippen LogP contribution in [0.5, 0.6) is 0 Å². The molecule has 4 aromatic rings. The van der Waals surface area contributed by atoms with Crippen LogP contribution >= 0.6 is 7.26 Å². The van der Waals surface area contributed by atoms with Crippen LogP contribution in [0.15, 0.2) is 121 Å². The van der Waals surface area contributed by atoms with Crippen molar-refractivity contribution < 1.29 is 69.0 Å². The molecule has 0 spiro atoms. The smallest absolute Gasteiger partial charge is 0.485 e. The van der Waals surface area contributed by atoms with Crippen LogP contribution in [0.2, 0.25) is 0 Å². The second kappa shape index (κ2) is 18.5. The zero-order chi connectivity index (χ0) is 40.4. The van der Waals surface area contributed by atoms with E-state index in [-0.39, 0.29) is 23.3 Å². The number of carbonyl (C=O) groups is 4. The second-order valence-corrected chi connectivity index (χ2v) is 18.9. The van der Waals surface area contributed by atoms with Crippen molar-refractivity contribution in [1.29, 1.82) is 0 Å². The Morgan fingerprint density at radius 3 is 1.24 bits per heavy atom. The Kier molecular flexibility index (Phi) is 14.3. The van der Waals surface area contributed by atoms with Gasteiger partial charge in [0.15, 0.2) is 22.3 Å². The molecule has 5 atom stereocenters. The molecule has 4 aromatic carbocycles. The Hall–Kier alpha value is -5.15. The van der Waals surface area contributed by atoms with E-state index in [0.29, 0.717) is 5.56 Å². The third-order valence-electron chi connectivity index (χ3n) is 7.80. The van der Waals surface area contributed by atoms with Crippen molar-refractivity contribution in [2.75, 3.05) is 26.6 Å². The summed E-state index contributed by atoms with van der Waals surface area (Å²) in [5, 5.41) is 0. The highest BCUT2D eigenvalue weighted by molar-refractivity contribution is 7.86. The Morgan fingerprint density at radius 2 is 0.909 bits per heavy atom. The fraction of sp³-hybridized carbons (Fsp3) is 0.263. The molecule has 0 radical (unpaired) electrons.